The average molecular weight is 746 g/mol. The van der Waals surface area contributed by atoms with Gasteiger partial charge in [-0.3, -0.25) is 9.59 Å². The van der Waals surface area contributed by atoms with Crippen LogP contribution in [0.3, 0.4) is 0 Å². The van der Waals surface area contributed by atoms with E-state index in [0.29, 0.717) is 24.2 Å². The lowest BCUT2D eigenvalue weighted by Crippen LogP contribution is -2.33. The van der Waals surface area contributed by atoms with E-state index in [-0.39, 0.29) is 17.9 Å². The van der Waals surface area contributed by atoms with Gasteiger partial charge in [-0.25, -0.2) is 4.79 Å². The second-order valence-electron chi connectivity index (χ2n) is 14.8. The van der Waals surface area contributed by atoms with Crippen LogP contribution in [0.1, 0.15) is 106 Å². The molecule has 2 heterocycles. The fraction of sp³-hybridized carbons (Fsp3) is 0.378. The number of hydrogen-bond acceptors (Lipinski definition) is 6. The zero-order valence-corrected chi connectivity index (χ0v) is 32.9. The van der Waals surface area contributed by atoms with Crippen molar-refractivity contribution in [3.63, 3.8) is 0 Å². The van der Waals surface area contributed by atoms with Gasteiger partial charge >= 0.3 is 11.9 Å². The van der Waals surface area contributed by atoms with E-state index < -0.39 is 17.5 Å². The molecule has 0 unspecified atom stereocenters. The van der Waals surface area contributed by atoms with E-state index in [1.165, 1.54) is 21.8 Å². The van der Waals surface area contributed by atoms with Crippen LogP contribution in [0.4, 0.5) is 5.69 Å². The van der Waals surface area contributed by atoms with Gasteiger partial charge in [0.2, 0.25) is 0 Å². The van der Waals surface area contributed by atoms with Crippen LogP contribution in [0.15, 0.2) is 78.4 Å². The number of esters is 1. The molecule has 1 N–H and O–H groups in total. The Kier molecular flexibility index (Phi) is 13.5. The molecule has 3 aromatic carbocycles. The Labute approximate surface area is 322 Å². The number of aryl methyl sites for hydroxylation is 2. The topological polar surface area (TPSA) is 113 Å². The monoisotopic (exact) mass is 745 g/mol. The molecular formula is C45H51N3O5S. The number of nitriles is 1. The molecule has 0 saturated heterocycles. The smallest absolute Gasteiger partial charge is 0.338 e. The van der Waals surface area contributed by atoms with Crippen LogP contribution >= 0.6 is 11.3 Å². The van der Waals surface area contributed by atoms with Crippen molar-refractivity contribution in [2.45, 2.75) is 105 Å². The van der Waals surface area contributed by atoms with Gasteiger partial charge in [-0.05, 0) is 113 Å². The minimum absolute atomic E-state index is 0.0468. The number of anilines is 1. The zero-order chi connectivity index (χ0) is 38.8. The molecule has 9 heteroatoms. The lowest BCUT2D eigenvalue weighted by atomic mass is 10.1. The number of ether oxygens (including phenoxy) is 1. The van der Waals surface area contributed by atoms with E-state index >= 15 is 0 Å². The maximum atomic E-state index is 14.2. The molecular weight excluding hydrogens is 695 g/mol. The van der Waals surface area contributed by atoms with Crippen molar-refractivity contribution in [2.75, 3.05) is 11.4 Å². The number of carboxylic acids is 1. The zero-order valence-electron chi connectivity index (χ0n) is 32.1. The summed E-state index contributed by atoms with van der Waals surface area (Å²) in [7, 11) is 0. The number of carbonyl (C=O) groups is 3. The first-order chi connectivity index (χ1) is 25.9. The van der Waals surface area contributed by atoms with Crippen LogP contribution in [0.2, 0.25) is 0 Å². The van der Waals surface area contributed by atoms with Crippen LogP contribution in [-0.2, 0) is 20.9 Å². The highest BCUT2D eigenvalue weighted by Crippen LogP contribution is 2.37. The Morgan fingerprint density at radius 3 is 2.17 bits per heavy atom. The van der Waals surface area contributed by atoms with Crippen LogP contribution in [0, 0.1) is 18.3 Å². The predicted molar refractivity (Wildman–Crippen MR) is 220 cm³/mol. The third kappa shape index (κ3) is 10.1. The highest BCUT2D eigenvalue weighted by Gasteiger charge is 2.23. The SMILES string of the molecule is CCn1c2ccccc2c2cc(-c3cc(C)c(/C=C(\C#N)C(=O)N(CCCCCCCCCCC(=O)O)c4ccc(C(=O)OC(C)(C)C)cc4)s3)ccc21. The summed E-state index contributed by atoms with van der Waals surface area (Å²) >= 11 is 1.57. The number of fused-ring (bicyclic) bond motifs is 3. The Hall–Kier alpha value is -5.20. The van der Waals surface area contributed by atoms with Gasteiger partial charge in [0.15, 0.2) is 0 Å². The average Bonchev–Trinajstić information content (AvgIpc) is 3.68. The van der Waals surface area contributed by atoms with Gasteiger partial charge in [0, 0.05) is 56.8 Å². The van der Waals surface area contributed by atoms with Gasteiger partial charge in [0.25, 0.3) is 5.91 Å². The molecule has 0 aliphatic heterocycles. The van der Waals surface area contributed by atoms with Gasteiger partial charge in [-0.1, -0.05) is 62.8 Å². The van der Waals surface area contributed by atoms with Crippen LogP contribution in [0.25, 0.3) is 38.3 Å². The molecule has 5 rings (SSSR count). The van der Waals surface area contributed by atoms with Crippen molar-refractivity contribution in [3.8, 4) is 16.5 Å². The summed E-state index contributed by atoms with van der Waals surface area (Å²) in [4.78, 5) is 41.2. The Balaban J connectivity index is 1.35. The number of benzene rings is 3. The lowest BCUT2D eigenvalue weighted by molar-refractivity contribution is -0.137. The summed E-state index contributed by atoms with van der Waals surface area (Å²) < 4.78 is 7.86. The summed E-state index contributed by atoms with van der Waals surface area (Å²) in [5.74, 6) is -1.57. The highest BCUT2D eigenvalue weighted by atomic mass is 32.1. The summed E-state index contributed by atoms with van der Waals surface area (Å²) in [6.45, 7) is 10.9. The number of carboxylic acid groups (broad SMARTS) is 1. The van der Waals surface area contributed by atoms with Crippen molar-refractivity contribution in [3.05, 3.63) is 94.4 Å². The van der Waals surface area contributed by atoms with Crippen molar-refractivity contribution in [1.29, 1.82) is 5.26 Å². The van der Waals surface area contributed by atoms with E-state index in [0.717, 1.165) is 72.4 Å². The van der Waals surface area contributed by atoms with Crippen LogP contribution in [-0.4, -0.2) is 39.7 Å². The van der Waals surface area contributed by atoms with Crippen molar-refractivity contribution in [2.24, 2.45) is 0 Å². The standard InChI is InChI=1S/C45H51N3O5S/c1-6-47-38-18-15-14-17-36(38)37-28-33(22-25-39(37)47)41-27-31(2)40(54-41)29-34(30-46)43(51)48(26-16-12-10-8-7-9-11-13-19-42(49)50)35-23-20-32(21-24-35)44(52)53-45(3,4)5/h14-15,17-18,20-25,27-29H,6-13,16,19,26H2,1-5H3,(H,49,50)/b34-29+. The Morgan fingerprint density at radius 2 is 1.52 bits per heavy atom. The van der Waals surface area contributed by atoms with Crippen molar-refractivity contribution >= 4 is 62.8 Å². The Morgan fingerprint density at radius 1 is 0.870 bits per heavy atom. The number of thiophene rings is 1. The molecule has 0 radical (unpaired) electrons. The third-order valence-electron chi connectivity index (χ3n) is 9.54. The summed E-state index contributed by atoms with van der Waals surface area (Å²) in [5.41, 5.74) is 4.89. The van der Waals surface area contributed by atoms with Crippen molar-refractivity contribution < 1.29 is 24.2 Å². The van der Waals surface area contributed by atoms with E-state index in [1.54, 1.807) is 46.6 Å². The van der Waals surface area contributed by atoms with Gasteiger partial charge in [-0.15, -0.1) is 11.3 Å². The number of hydrogen-bond donors (Lipinski definition) is 1. The second-order valence-corrected chi connectivity index (χ2v) is 15.9. The maximum Gasteiger partial charge on any atom is 0.338 e. The number of amides is 1. The quantitative estimate of drug-likeness (QED) is 0.0439. The molecule has 0 atom stereocenters. The molecule has 0 spiro atoms. The normalized spacial score (nSPS) is 11.9. The molecule has 2 aromatic heterocycles. The van der Waals surface area contributed by atoms with E-state index in [4.69, 9.17) is 9.84 Å². The molecule has 0 saturated carbocycles. The number of carbonyl (C=O) groups excluding carboxylic acids is 2. The van der Waals surface area contributed by atoms with Gasteiger partial charge in [0.1, 0.15) is 17.2 Å². The third-order valence-corrected chi connectivity index (χ3v) is 10.8. The molecule has 0 aliphatic carbocycles. The number of unbranched alkanes of at least 4 members (excludes halogenated alkanes) is 7. The van der Waals surface area contributed by atoms with E-state index in [9.17, 15) is 19.6 Å². The number of aliphatic carboxylic acids is 1. The van der Waals surface area contributed by atoms with Gasteiger partial charge in [-0.2, -0.15) is 5.26 Å². The number of aromatic nitrogens is 1. The fourth-order valence-electron chi connectivity index (χ4n) is 6.82. The Bertz CT molecular complexity index is 2180. The first-order valence-electron chi connectivity index (χ1n) is 19.0. The number of rotatable bonds is 17. The minimum atomic E-state index is -0.747. The molecule has 54 heavy (non-hydrogen) atoms. The minimum Gasteiger partial charge on any atom is -0.481 e. The van der Waals surface area contributed by atoms with Crippen LogP contribution < -0.4 is 4.90 Å². The fourth-order valence-corrected chi connectivity index (χ4v) is 7.93. The molecule has 8 nitrogen and oxygen atoms in total. The predicted octanol–water partition coefficient (Wildman–Crippen LogP) is 11.3. The summed E-state index contributed by atoms with van der Waals surface area (Å²) in [6.07, 6.45) is 9.32. The van der Waals surface area contributed by atoms with E-state index in [2.05, 4.69) is 66.1 Å². The second kappa shape index (κ2) is 18.2. The molecule has 0 bridgehead atoms. The first-order valence-corrected chi connectivity index (χ1v) is 19.8. The molecule has 0 aliphatic rings. The largest absolute Gasteiger partial charge is 0.481 e. The highest BCUT2D eigenvalue weighted by molar-refractivity contribution is 7.16. The first kappa shape index (κ1) is 40.0. The number of para-hydroxylation sites is 1. The number of nitrogens with zero attached hydrogens (tertiary/aromatic N) is 3. The molecule has 0 fully saturated rings. The molecule has 1 amide bonds. The van der Waals surface area contributed by atoms with Gasteiger partial charge < -0.3 is 19.3 Å². The molecule has 5 aromatic rings. The van der Waals surface area contributed by atoms with Crippen LogP contribution in [0.5, 0.6) is 0 Å². The molecule has 282 valence electrons. The maximum absolute atomic E-state index is 14.2. The lowest BCUT2D eigenvalue weighted by Gasteiger charge is -2.23. The summed E-state index contributed by atoms with van der Waals surface area (Å²) in [6, 6.07) is 26.1. The van der Waals surface area contributed by atoms with Gasteiger partial charge in [0.05, 0.1) is 5.56 Å². The summed E-state index contributed by atoms with van der Waals surface area (Å²) in [5, 5.41) is 21.6. The van der Waals surface area contributed by atoms with Crippen molar-refractivity contribution in [1.82, 2.24) is 4.57 Å². The van der Waals surface area contributed by atoms with E-state index in [1.807, 2.05) is 27.7 Å².